The van der Waals surface area contributed by atoms with Crippen molar-refractivity contribution in [2.45, 2.75) is 17.4 Å². The summed E-state index contributed by atoms with van der Waals surface area (Å²) in [6, 6.07) is 18.8. The molecule has 0 saturated heterocycles. The summed E-state index contributed by atoms with van der Waals surface area (Å²) in [5.74, 6) is 0. The van der Waals surface area contributed by atoms with Crippen LogP contribution in [0.5, 0.6) is 0 Å². The van der Waals surface area contributed by atoms with Crippen molar-refractivity contribution in [2.24, 2.45) is 0 Å². The van der Waals surface area contributed by atoms with Crippen LogP contribution in [0.3, 0.4) is 0 Å². The molecule has 0 radical (unpaired) electrons. The highest BCUT2D eigenvalue weighted by Crippen LogP contribution is 2.26. The number of aromatic nitrogens is 5. The molecule has 3 aromatic heterocycles. The fourth-order valence-corrected chi connectivity index (χ4v) is 4.84. The first-order valence-electron chi connectivity index (χ1n) is 10.4. The monoisotopic (exact) mass is 469 g/mol. The number of aromatic amines is 1. The summed E-state index contributed by atoms with van der Waals surface area (Å²) in [6.07, 6.45) is 6.97. The molecule has 0 aliphatic heterocycles. The summed E-state index contributed by atoms with van der Waals surface area (Å²) in [6.45, 7) is 0. The van der Waals surface area contributed by atoms with E-state index in [4.69, 9.17) is 0 Å². The average molecular weight is 470 g/mol. The Bertz CT molecular complexity index is 1600. The van der Waals surface area contributed by atoms with Gasteiger partial charge in [0.05, 0.1) is 22.9 Å². The summed E-state index contributed by atoms with van der Waals surface area (Å²) >= 11 is 0. The van der Waals surface area contributed by atoms with E-state index in [0.717, 1.165) is 16.6 Å². The number of rotatable bonds is 7. The Morgan fingerprint density at radius 1 is 1.09 bits per heavy atom. The van der Waals surface area contributed by atoms with Crippen LogP contribution < -0.4 is 4.72 Å². The van der Waals surface area contributed by atoms with E-state index < -0.39 is 16.1 Å². The highest BCUT2D eigenvalue weighted by molar-refractivity contribution is 7.92. The zero-order chi connectivity index (χ0) is 23.5. The number of hydrogen-bond acceptors (Lipinski definition) is 6. The van der Waals surface area contributed by atoms with E-state index in [9.17, 15) is 13.7 Å². The van der Waals surface area contributed by atoms with Gasteiger partial charge in [-0.15, -0.1) is 0 Å². The third kappa shape index (κ3) is 4.24. The van der Waals surface area contributed by atoms with Crippen LogP contribution in [0.4, 0.5) is 5.69 Å². The van der Waals surface area contributed by atoms with Gasteiger partial charge in [0, 0.05) is 35.5 Å². The van der Waals surface area contributed by atoms with Gasteiger partial charge in [-0.25, -0.2) is 18.4 Å². The SMILES string of the molecule is N#CC(Cc1cccc(S(=O)(=O)Nc2ccccc2)c1)n1cc(-c2ncnc3[nH]ccc23)cn1. The zero-order valence-electron chi connectivity index (χ0n) is 17.8. The molecule has 0 amide bonds. The minimum absolute atomic E-state index is 0.127. The Labute approximate surface area is 195 Å². The molecule has 2 aromatic carbocycles. The normalized spacial score (nSPS) is 12.3. The highest BCUT2D eigenvalue weighted by atomic mass is 32.2. The molecule has 5 aromatic rings. The van der Waals surface area contributed by atoms with Crippen LogP contribution in [-0.4, -0.2) is 33.2 Å². The van der Waals surface area contributed by atoms with Crippen molar-refractivity contribution in [3.8, 4) is 17.3 Å². The van der Waals surface area contributed by atoms with E-state index in [0.29, 0.717) is 16.9 Å². The lowest BCUT2D eigenvalue weighted by molar-refractivity contribution is 0.545. The number of H-pyrrole nitrogens is 1. The summed E-state index contributed by atoms with van der Waals surface area (Å²) in [4.78, 5) is 11.7. The molecule has 0 saturated carbocycles. The van der Waals surface area contributed by atoms with Crippen molar-refractivity contribution >= 4 is 26.7 Å². The lowest BCUT2D eigenvalue weighted by Gasteiger charge is -2.12. The Hall–Kier alpha value is -4.49. The van der Waals surface area contributed by atoms with E-state index in [1.165, 1.54) is 12.4 Å². The quantitative estimate of drug-likeness (QED) is 0.371. The second kappa shape index (κ2) is 8.80. The van der Waals surface area contributed by atoms with Gasteiger partial charge in [-0.2, -0.15) is 10.4 Å². The fourth-order valence-electron chi connectivity index (χ4n) is 3.71. The second-order valence-electron chi connectivity index (χ2n) is 7.64. The summed E-state index contributed by atoms with van der Waals surface area (Å²) < 4.78 is 29.8. The smallest absolute Gasteiger partial charge is 0.261 e. The summed E-state index contributed by atoms with van der Waals surface area (Å²) in [5, 5.41) is 15.0. The van der Waals surface area contributed by atoms with Gasteiger partial charge in [-0.3, -0.25) is 9.40 Å². The van der Waals surface area contributed by atoms with Crippen LogP contribution in [0.2, 0.25) is 0 Å². The zero-order valence-corrected chi connectivity index (χ0v) is 18.6. The van der Waals surface area contributed by atoms with E-state index in [2.05, 4.69) is 30.8 Å². The number of nitriles is 1. The number of benzene rings is 2. The first-order valence-corrected chi connectivity index (χ1v) is 11.9. The van der Waals surface area contributed by atoms with Crippen molar-refractivity contribution in [1.82, 2.24) is 24.7 Å². The highest BCUT2D eigenvalue weighted by Gasteiger charge is 2.18. The molecular formula is C24H19N7O2S. The number of hydrogen-bond donors (Lipinski definition) is 2. The molecule has 168 valence electrons. The average Bonchev–Trinajstić information content (AvgIpc) is 3.53. The molecule has 9 nitrogen and oxygen atoms in total. The molecule has 0 fully saturated rings. The van der Waals surface area contributed by atoms with E-state index in [1.54, 1.807) is 65.7 Å². The van der Waals surface area contributed by atoms with Gasteiger partial charge in [0.2, 0.25) is 0 Å². The standard InChI is InChI=1S/C24H19N7O2S/c25-13-20(31-15-18(14-29-31)23-22-9-10-26-24(22)28-16-27-23)11-17-5-4-8-21(12-17)34(32,33)30-19-6-2-1-3-7-19/h1-10,12,14-16,20,30H,11H2,(H,26,27,28). The van der Waals surface area contributed by atoms with Crippen LogP contribution in [0.25, 0.3) is 22.3 Å². The van der Waals surface area contributed by atoms with Gasteiger partial charge in [-0.1, -0.05) is 30.3 Å². The molecule has 0 aliphatic rings. The van der Waals surface area contributed by atoms with Crippen molar-refractivity contribution in [2.75, 3.05) is 4.72 Å². The molecule has 5 rings (SSSR count). The number of anilines is 1. The first-order chi connectivity index (χ1) is 16.5. The maximum absolute atomic E-state index is 12.8. The maximum Gasteiger partial charge on any atom is 0.261 e. The molecule has 3 heterocycles. The molecule has 0 spiro atoms. The van der Waals surface area contributed by atoms with Crippen LogP contribution in [0.15, 0.2) is 90.5 Å². The Kier molecular flexibility index (Phi) is 5.53. The molecular weight excluding hydrogens is 450 g/mol. The number of sulfonamides is 1. The van der Waals surface area contributed by atoms with Crippen molar-refractivity contribution in [1.29, 1.82) is 5.26 Å². The molecule has 34 heavy (non-hydrogen) atoms. The molecule has 10 heteroatoms. The van der Waals surface area contributed by atoms with Crippen LogP contribution >= 0.6 is 0 Å². The number of nitrogens with zero attached hydrogens (tertiary/aromatic N) is 5. The predicted molar refractivity (Wildman–Crippen MR) is 127 cm³/mol. The second-order valence-corrected chi connectivity index (χ2v) is 9.32. The molecule has 0 aliphatic carbocycles. The van der Waals surface area contributed by atoms with Crippen molar-refractivity contribution in [3.63, 3.8) is 0 Å². The first kappa shape index (κ1) is 21.4. The molecule has 2 N–H and O–H groups in total. The summed E-state index contributed by atoms with van der Waals surface area (Å²) in [5.41, 5.74) is 3.38. The lowest BCUT2D eigenvalue weighted by Crippen LogP contribution is -2.14. The van der Waals surface area contributed by atoms with Gasteiger partial charge in [-0.05, 0) is 35.9 Å². The predicted octanol–water partition coefficient (Wildman–Crippen LogP) is 3.93. The van der Waals surface area contributed by atoms with E-state index >= 15 is 0 Å². The van der Waals surface area contributed by atoms with Gasteiger partial charge < -0.3 is 4.98 Å². The maximum atomic E-state index is 12.8. The molecule has 1 unspecified atom stereocenters. The molecule has 0 bridgehead atoms. The van der Waals surface area contributed by atoms with Crippen LogP contribution in [-0.2, 0) is 16.4 Å². The third-order valence-electron chi connectivity index (χ3n) is 5.36. The third-order valence-corrected chi connectivity index (χ3v) is 6.74. The van der Waals surface area contributed by atoms with Crippen LogP contribution in [0.1, 0.15) is 11.6 Å². The van der Waals surface area contributed by atoms with E-state index in [1.807, 2.05) is 12.1 Å². The largest absolute Gasteiger partial charge is 0.346 e. The fraction of sp³-hybridized carbons (Fsp3) is 0.0833. The number of para-hydroxylation sites is 1. The molecule has 1 atom stereocenters. The van der Waals surface area contributed by atoms with Gasteiger partial charge in [0.15, 0.2) is 0 Å². The lowest BCUT2D eigenvalue weighted by atomic mass is 10.1. The number of nitrogens with one attached hydrogen (secondary N) is 2. The summed E-state index contributed by atoms with van der Waals surface area (Å²) in [7, 11) is -3.76. The minimum Gasteiger partial charge on any atom is -0.346 e. The van der Waals surface area contributed by atoms with E-state index in [-0.39, 0.29) is 11.3 Å². The van der Waals surface area contributed by atoms with Crippen molar-refractivity contribution < 1.29 is 8.42 Å². The Morgan fingerprint density at radius 3 is 2.76 bits per heavy atom. The van der Waals surface area contributed by atoms with Gasteiger partial charge in [0.25, 0.3) is 10.0 Å². The van der Waals surface area contributed by atoms with Gasteiger partial charge >= 0.3 is 0 Å². The van der Waals surface area contributed by atoms with Crippen LogP contribution in [0, 0.1) is 11.3 Å². The van der Waals surface area contributed by atoms with Crippen molar-refractivity contribution in [3.05, 3.63) is 91.1 Å². The Balaban J connectivity index is 1.38. The minimum atomic E-state index is -3.76. The topological polar surface area (TPSA) is 129 Å². The Morgan fingerprint density at radius 2 is 1.94 bits per heavy atom. The number of fused-ring (bicyclic) bond motifs is 1. The van der Waals surface area contributed by atoms with Gasteiger partial charge in [0.1, 0.15) is 18.0 Å².